The maximum atomic E-state index is 12.5. The molecule has 0 amide bonds. The van der Waals surface area contributed by atoms with Crippen LogP contribution in [-0.4, -0.2) is 26.1 Å². The molecule has 0 aliphatic carbocycles. The van der Waals surface area contributed by atoms with E-state index in [4.69, 9.17) is 4.74 Å². The van der Waals surface area contributed by atoms with Crippen LogP contribution in [0.3, 0.4) is 0 Å². The van der Waals surface area contributed by atoms with Gasteiger partial charge in [0.05, 0.1) is 15.1 Å². The van der Waals surface area contributed by atoms with Gasteiger partial charge in [-0.3, -0.25) is 9.36 Å². The van der Waals surface area contributed by atoms with E-state index in [9.17, 15) is 13.2 Å². The Hall–Kier alpha value is -2.16. The molecule has 3 rings (SSSR count). The molecule has 0 aliphatic rings. The lowest BCUT2D eigenvalue weighted by atomic mass is 10.2. The molecule has 0 atom stereocenters. The summed E-state index contributed by atoms with van der Waals surface area (Å²) in [6.45, 7) is 4.99. The first-order chi connectivity index (χ1) is 12.9. The average Bonchev–Trinajstić information content (AvgIpc) is 2.95. The molecule has 27 heavy (non-hydrogen) atoms. The predicted molar refractivity (Wildman–Crippen MR) is 108 cm³/mol. The molecule has 3 aromatic rings. The fourth-order valence-corrected chi connectivity index (χ4v) is 4.78. The largest absolute Gasteiger partial charge is 0.492 e. The summed E-state index contributed by atoms with van der Waals surface area (Å²) in [5.41, 5.74) is 1.90. The molecule has 2 aromatic carbocycles. The van der Waals surface area contributed by atoms with E-state index < -0.39 is 10.0 Å². The van der Waals surface area contributed by atoms with Gasteiger partial charge in [0.25, 0.3) is 0 Å². The van der Waals surface area contributed by atoms with Crippen molar-refractivity contribution in [3.8, 4) is 5.75 Å². The summed E-state index contributed by atoms with van der Waals surface area (Å²) in [4.78, 5) is 12.1. The van der Waals surface area contributed by atoms with E-state index in [-0.39, 0.29) is 22.9 Å². The van der Waals surface area contributed by atoms with Crippen LogP contribution in [0.15, 0.2) is 52.2 Å². The number of sulfonamides is 1. The molecular weight excluding hydrogens is 384 g/mol. The molecule has 1 N–H and O–H groups in total. The fourth-order valence-electron chi connectivity index (χ4n) is 2.71. The molecule has 0 unspecified atom stereocenters. The first-order valence-corrected chi connectivity index (χ1v) is 11.0. The summed E-state index contributed by atoms with van der Waals surface area (Å²) in [5, 5.41) is 0. The van der Waals surface area contributed by atoms with Crippen LogP contribution in [0.2, 0.25) is 0 Å². The highest BCUT2D eigenvalue weighted by molar-refractivity contribution is 7.89. The topological polar surface area (TPSA) is 77.4 Å². The van der Waals surface area contributed by atoms with Gasteiger partial charge in [-0.25, -0.2) is 13.1 Å². The summed E-state index contributed by atoms with van der Waals surface area (Å²) in [5.74, 6) is 0.697. The summed E-state index contributed by atoms with van der Waals surface area (Å²) in [6.07, 6.45) is 0.842. The normalized spacial score (nSPS) is 11.8. The van der Waals surface area contributed by atoms with Gasteiger partial charge in [-0.2, -0.15) is 0 Å². The molecule has 144 valence electrons. The van der Waals surface area contributed by atoms with Crippen molar-refractivity contribution in [1.29, 1.82) is 0 Å². The minimum atomic E-state index is -3.66. The molecule has 0 aliphatic heterocycles. The molecule has 1 aromatic heterocycles. The number of rotatable bonds is 8. The monoisotopic (exact) mass is 406 g/mol. The van der Waals surface area contributed by atoms with Gasteiger partial charge >= 0.3 is 4.87 Å². The Morgan fingerprint density at radius 2 is 1.89 bits per heavy atom. The van der Waals surface area contributed by atoms with Gasteiger partial charge in [-0.1, -0.05) is 36.0 Å². The van der Waals surface area contributed by atoms with E-state index in [0.29, 0.717) is 17.0 Å². The Balaban J connectivity index is 1.67. The van der Waals surface area contributed by atoms with Crippen molar-refractivity contribution in [2.24, 2.45) is 0 Å². The van der Waals surface area contributed by atoms with Crippen LogP contribution in [0.4, 0.5) is 0 Å². The number of ether oxygens (including phenoxy) is 1. The maximum absolute atomic E-state index is 12.5. The molecular formula is C19H22N2O4S2. The first kappa shape index (κ1) is 19.6. The Morgan fingerprint density at radius 1 is 1.15 bits per heavy atom. The second kappa shape index (κ2) is 8.24. The van der Waals surface area contributed by atoms with Crippen LogP contribution in [-0.2, 0) is 16.6 Å². The standard InChI is InChI=1S/C19H22N2O4S2/c1-3-11-21-17-9-8-16(13-18(17)26-19(21)22)27(23,24)20-10-12-25-15-6-4-14(2)5-7-15/h4-9,13,20H,3,10-12H2,1-2H3. The van der Waals surface area contributed by atoms with Crippen LogP contribution in [0.25, 0.3) is 10.2 Å². The minimum Gasteiger partial charge on any atom is -0.492 e. The first-order valence-electron chi connectivity index (χ1n) is 8.73. The molecule has 0 radical (unpaired) electrons. The average molecular weight is 407 g/mol. The van der Waals surface area contributed by atoms with Crippen molar-refractivity contribution in [2.45, 2.75) is 31.7 Å². The van der Waals surface area contributed by atoms with Gasteiger partial charge in [0, 0.05) is 13.1 Å². The van der Waals surface area contributed by atoms with Crippen molar-refractivity contribution in [1.82, 2.24) is 9.29 Å². The zero-order valence-electron chi connectivity index (χ0n) is 15.3. The van der Waals surface area contributed by atoms with E-state index in [1.54, 1.807) is 16.7 Å². The molecule has 0 spiro atoms. The zero-order chi connectivity index (χ0) is 19.4. The quantitative estimate of drug-likeness (QED) is 0.583. The number of thiazole rings is 1. The molecule has 0 bridgehead atoms. The summed E-state index contributed by atoms with van der Waals surface area (Å²) in [7, 11) is -3.66. The van der Waals surface area contributed by atoms with E-state index in [0.717, 1.165) is 28.8 Å². The number of hydrogen-bond donors (Lipinski definition) is 1. The predicted octanol–water partition coefficient (Wildman–Crippen LogP) is 3.14. The highest BCUT2D eigenvalue weighted by atomic mass is 32.2. The Labute approximate surface area is 162 Å². The molecule has 8 heteroatoms. The molecule has 6 nitrogen and oxygen atoms in total. The smallest absolute Gasteiger partial charge is 0.308 e. The highest BCUT2D eigenvalue weighted by Crippen LogP contribution is 2.22. The molecule has 1 heterocycles. The van der Waals surface area contributed by atoms with Crippen molar-refractivity contribution >= 4 is 31.6 Å². The fraction of sp³-hybridized carbons (Fsp3) is 0.316. The summed E-state index contributed by atoms with van der Waals surface area (Å²) < 4.78 is 35.4. The van der Waals surface area contributed by atoms with Crippen molar-refractivity contribution < 1.29 is 13.2 Å². The second-order valence-electron chi connectivity index (χ2n) is 6.21. The van der Waals surface area contributed by atoms with E-state index in [1.165, 1.54) is 6.07 Å². The van der Waals surface area contributed by atoms with Crippen LogP contribution < -0.4 is 14.3 Å². The molecule has 0 saturated heterocycles. The molecule has 0 saturated carbocycles. The Bertz CT molecular complexity index is 1080. The number of hydrogen-bond acceptors (Lipinski definition) is 5. The number of aromatic nitrogens is 1. The summed E-state index contributed by atoms with van der Waals surface area (Å²) in [6, 6.07) is 12.3. The van der Waals surface area contributed by atoms with Crippen LogP contribution in [0, 0.1) is 6.92 Å². The highest BCUT2D eigenvalue weighted by Gasteiger charge is 2.16. The van der Waals surface area contributed by atoms with Gasteiger partial charge < -0.3 is 4.74 Å². The van der Waals surface area contributed by atoms with Gasteiger partial charge in [0.2, 0.25) is 10.0 Å². The zero-order valence-corrected chi connectivity index (χ0v) is 16.9. The number of nitrogens with one attached hydrogen (secondary N) is 1. The van der Waals surface area contributed by atoms with Gasteiger partial charge in [-0.15, -0.1) is 0 Å². The number of fused-ring (bicyclic) bond motifs is 1. The Kier molecular flexibility index (Phi) is 5.98. The van der Waals surface area contributed by atoms with Crippen molar-refractivity contribution in [2.75, 3.05) is 13.2 Å². The third kappa shape index (κ3) is 4.58. The van der Waals surface area contributed by atoms with Gasteiger partial charge in [-0.05, 0) is 43.7 Å². The van der Waals surface area contributed by atoms with Crippen LogP contribution in [0.1, 0.15) is 18.9 Å². The summed E-state index contributed by atoms with van der Waals surface area (Å²) >= 11 is 1.07. The maximum Gasteiger partial charge on any atom is 0.308 e. The second-order valence-corrected chi connectivity index (χ2v) is 8.97. The lowest BCUT2D eigenvalue weighted by Crippen LogP contribution is -2.28. The third-order valence-electron chi connectivity index (χ3n) is 4.08. The van der Waals surface area contributed by atoms with E-state index in [2.05, 4.69) is 4.72 Å². The minimum absolute atomic E-state index is 0.0687. The lowest BCUT2D eigenvalue weighted by molar-refractivity contribution is 0.323. The van der Waals surface area contributed by atoms with Gasteiger partial charge in [0.15, 0.2) is 0 Å². The van der Waals surface area contributed by atoms with Crippen LogP contribution in [0.5, 0.6) is 5.75 Å². The number of aryl methyl sites for hydroxylation is 2. The Morgan fingerprint density at radius 3 is 2.59 bits per heavy atom. The number of nitrogens with zero attached hydrogens (tertiary/aromatic N) is 1. The van der Waals surface area contributed by atoms with Gasteiger partial charge in [0.1, 0.15) is 12.4 Å². The van der Waals surface area contributed by atoms with Crippen molar-refractivity contribution in [3.63, 3.8) is 0 Å². The molecule has 0 fully saturated rings. The van der Waals surface area contributed by atoms with E-state index >= 15 is 0 Å². The number of benzene rings is 2. The van der Waals surface area contributed by atoms with Crippen molar-refractivity contribution in [3.05, 3.63) is 57.7 Å². The van der Waals surface area contributed by atoms with Crippen LogP contribution >= 0.6 is 11.3 Å². The third-order valence-corrected chi connectivity index (χ3v) is 6.48. The lowest BCUT2D eigenvalue weighted by Gasteiger charge is -2.09. The van der Waals surface area contributed by atoms with E-state index in [1.807, 2.05) is 38.1 Å². The SMILES string of the molecule is CCCn1c(=O)sc2cc(S(=O)(=O)NCCOc3ccc(C)cc3)ccc21.